The van der Waals surface area contributed by atoms with Crippen LogP contribution in [0.5, 0.6) is 0 Å². The van der Waals surface area contributed by atoms with Crippen molar-refractivity contribution in [2.24, 2.45) is 0 Å². The van der Waals surface area contributed by atoms with Gasteiger partial charge in [-0.05, 0) is 12.5 Å². The fourth-order valence-electron chi connectivity index (χ4n) is 1.02. The maximum atomic E-state index is 10.7. The van der Waals surface area contributed by atoms with Crippen LogP contribution in [-0.2, 0) is 9.05 Å². The van der Waals surface area contributed by atoms with E-state index in [4.69, 9.17) is 10.7 Å². The van der Waals surface area contributed by atoms with Crippen LogP contribution in [-0.4, -0.2) is 29.8 Å². The molecule has 1 heterocycles. The van der Waals surface area contributed by atoms with Crippen LogP contribution < -0.4 is 0 Å². The Morgan fingerprint density at radius 1 is 1.59 bits per heavy atom. The lowest BCUT2D eigenvalue weighted by Gasteiger charge is -2.01. The van der Waals surface area contributed by atoms with Gasteiger partial charge in [-0.25, -0.2) is 13.4 Å². The summed E-state index contributed by atoms with van der Waals surface area (Å²) in [7, 11) is 1.45. The predicted molar refractivity (Wildman–Crippen MR) is 66.0 cm³/mol. The van der Waals surface area contributed by atoms with E-state index in [0.717, 1.165) is 11.8 Å². The number of nitrogens with zero attached hydrogens (tertiary/aromatic N) is 2. The molecule has 0 aliphatic carbocycles. The Labute approximate surface area is 107 Å². The van der Waals surface area contributed by atoms with Crippen molar-refractivity contribution in [1.82, 2.24) is 4.98 Å². The molecule has 0 unspecified atom stereocenters. The average molecular weight is 297 g/mol. The van der Waals surface area contributed by atoms with Crippen LogP contribution in [0.2, 0.25) is 0 Å². The molecule has 0 aliphatic rings. The van der Waals surface area contributed by atoms with Crippen molar-refractivity contribution in [3.8, 4) is 0 Å². The first-order valence-electron chi connectivity index (χ1n) is 4.46. The van der Waals surface area contributed by atoms with Gasteiger partial charge < -0.3 is 0 Å². The summed E-state index contributed by atoms with van der Waals surface area (Å²) in [6.07, 6.45) is 1.49. The lowest BCUT2D eigenvalue weighted by atomic mass is 10.3. The summed E-state index contributed by atoms with van der Waals surface area (Å²) in [4.78, 5) is 14.1. The second kappa shape index (κ2) is 5.65. The van der Waals surface area contributed by atoms with Crippen LogP contribution in [0.15, 0.2) is 17.3 Å². The highest BCUT2D eigenvalue weighted by Crippen LogP contribution is 2.27. The molecule has 0 saturated carbocycles. The van der Waals surface area contributed by atoms with Crippen molar-refractivity contribution in [1.29, 1.82) is 0 Å². The van der Waals surface area contributed by atoms with E-state index in [1.165, 1.54) is 12.3 Å². The molecule has 1 aromatic heterocycles. The van der Waals surface area contributed by atoms with Gasteiger partial charge in [0, 0.05) is 28.7 Å². The zero-order valence-electron chi connectivity index (χ0n) is 8.79. The molecular formula is C8H9ClN2O4S2. The molecule has 1 aromatic rings. The first kappa shape index (κ1) is 14.2. The molecule has 9 heteroatoms. The number of halogens is 1. The average Bonchev–Trinajstić information content (AvgIpc) is 2.18. The van der Waals surface area contributed by atoms with Gasteiger partial charge in [0.25, 0.3) is 0 Å². The quantitative estimate of drug-likeness (QED) is 0.357. The van der Waals surface area contributed by atoms with E-state index in [2.05, 4.69) is 4.98 Å². The van der Waals surface area contributed by atoms with Gasteiger partial charge >= 0.3 is 5.69 Å². The Bertz CT molecular complexity index is 532. The van der Waals surface area contributed by atoms with Crippen molar-refractivity contribution in [2.45, 2.75) is 11.9 Å². The van der Waals surface area contributed by atoms with Crippen molar-refractivity contribution >= 4 is 37.2 Å². The summed E-state index contributed by atoms with van der Waals surface area (Å²) in [5.41, 5.74) is 0.549. The molecule has 0 aliphatic heterocycles. The summed E-state index contributed by atoms with van der Waals surface area (Å²) < 4.78 is 21.4. The van der Waals surface area contributed by atoms with E-state index in [-0.39, 0.29) is 22.2 Å². The van der Waals surface area contributed by atoms with Gasteiger partial charge in [-0.1, -0.05) is 11.8 Å². The first-order valence-corrected chi connectivity index (χ1v) is 7.92. The molecular weight excluding hydrogens is 288 g/mol. The van der Waals surface area contributed by atoms with E-state index in [0.29, 0.717) is 5.56 Å². The summed E-state index contributed by atoms with van der Waals surface area (Å²) in [6.45, 7) is 1.69. The summed E-state index contributed by atoms with van der Waals surface area (Å²) >= 11 is 0.995. The second-order valence-electron chi connectivity index (χ2n) is 3.19. The van der Waals surface area contributed by atoms with E-state index in [1.807, 2.05) is 0 Å². The van der Waals surface area contributed by atoms with Crippen molar-refractivity contribution in [2.75, 3.05) is 11.5 Å². The number of hydrogen-bond acceptors (Lipinski definition) is 6. The molecule has 6 nitrogen and oxygen atoms in total. The normalized spacial score (nSPS) is 11.4. The number of rotatable bonds is 5. The molecule has 0 aromatic carbocycles. The third kappa shape index (κ3) is 4.88. The van der Waals surface area contributed by atoms with Crippen LogP contribution in [0, 0.1) is 17.0 Å². The predicted octanol–water partition coefficient (Wildman–Crippen LogP) is 1.96. The maximum absolute atomic E-state index is 10.7. The lowest BCUT2D eigenvalue weighted by Crippen LogP contribution is -2.01. The third-order valence-corrected chi connectivity index (χ3v) is 4.14. The summed E-state index contributed by atoms with van der Waals surface area (Å²) in [6, 6.07) is 1.39. The Morgan fingerprint density at radius 3 is 2.76 bits per heavy atom. The van der Waals surface area contributed by atoms with Crippen molar-refractivity contribution in [3.63, 3.8) is 0 Å². The minimum atomic E-state index is -3.58. The number of hydrogen-bond donors (Lipinski definition) is 0. The number of aromatic nitrogens is 1. The second-order valence-corrected chi connectivity index (χ2v) is 7.17. The van der Waals surface area contributed by atoms with Crippen LogP contribution >= 0.6 is 22.4 Å². The van der Waals surface area contributed by atoms with E-state index in [9.17, 15) is 18.5 Å². The highest BCUT2D eigenvalue weighted by atomic mass is 35.7. The summed E-state index contributed by atoms with van der Waals surface area (Å²) in [5, 5.41) is 10.9. The van der Waals surface area contributed by atoms with Gasteiger partial charge in [0.2, 0.25) is 9.05 Å². The molecule has 0 spiro atoms. The molecule has 0 bridgehead atoms. The van der Waals surface area contributed by atoms with Gasteiger partial charge in [0.1, 0.15) is 0 Å². The molecule has 0 fully saturated rings. The molecule has 0 atom stereocenters. The fraction of sp³-hybridized carbons (Fsp3) is 0.375. The van der Waals surface area contributed by atoms with Crippen LogP contribution in [0.3, 0.4) is 0 Å². The molecule has 0 amide bonds. The zero-order valence-corrected chi connectivity index (χ0v) is 11.2. The smallest absolute Gasteiger partial charge is 0.258 e. The minimum Gasteiger partial charge on any atom is -0.258 e. The monoisotopic (exact) mass is 296 g/mol. The van der Waals surface area contributed by atoms with Crippen LogP contribution in [0.4, 0.5) is 5.69 Å². The van der Waals surface area contributed by atoms with E-state index >= 15 is 0 Å². The van der Waals surface area contributed by atoms with Gasteiger partial charge in [0.05, 0.1) is 10.7 Å². The molecule has 0 saturated heterocycles. The first-order chi connectivity index (χ1) is 7.79. The maximum Gasteiger partial charge on any atom is 0.301 e. The van der Waals surface area contributed by atoms with E-state index < -0.39 is 14.0 Å². The number of aryl methyl sites for hydroxylation is 1. The highest BCUT2D eigenvalue weighted by Gasteiger charge is 2.16. The third-order valence-electron chi connectivity index (χ3n) is 1.73. The van der Waals surface area contributed by atoms with Crippen LogP contribution in [0.25, 0.3) is 0 Å². The van der Waals surface area contributed by atoms with Gasteiger partial charge in [-0.3, -0.25) is 10.1 Å². The van der Waals surface area contributed by atoms with Crippen molar-refractivity contribution < 1.29 is 13.3 Å². The lowest BCUT2D eigenvalue weighted by molar-refractivity contribution is -0.388. The molecule has 0 radical (unpaired) electrons. The molecule has 1 rings (SSSR count). The molecule has 17 heavy (non-hydrogen) atoms. The molecule has 0 N–H and O–H groups in total. The summed E-state index contributed by atoms with van der Waals surface area (Å²) in [5.74, 6) is -0.130. The largest absolute Gasteiger partial charge is 0.301 e. The Kier molecular flexibility index (Phi) is 4.72. The zero-order chi connectivity index (χ0) is 13.1. The van der Waals surface area contributed by atoms with Gasteiger partial charge in [0.15, 0.2) is 5.03 Å². The fourth-order valence-corrected chi connectivity index (χ4v) is 3.32. The highest BCUT2D eigenvalue weighted by molar-refractivity contribution is 8.14. The van der Waals surface area contributed by atoms with Gasteiger partial charge in [-0.15, -0.1) is 0 Å². The van der Waals surface area contributed by atoms with E-state index in [1.54, 1.807) is 6.92 Å². The Morgan fingerprint density at radius 2 is 2.24 bits per heavy atom. The number of nitro groups is 1. The van der Waals surface area contributed by atoms with Gasteiger partial charge in [-0.2, -0.15) is 0 Å². The Balaban J connectivity index is 2.81. The number of thioether (sulfide) groups is 1. The topological polar surface area (TPSA) is 90.2 Å². The Hall–Kier alpha value is -0.860. The molecule has 94 valence electrons. The standard InChI is InChI=1S/C8H9ClN2O4S2/c1-6-4-7(11(12)13)8(10-5-6)16-2-3-17(9,14)15/h4-5H,2-3H2,1H3. The number of pyridine rings is 1. The SMILES string of the molecule is Cc1cnc(SCCS(=O)(=O)Cl)c([N+](=O)[O-])c1. The van der Waals surface area contributed by atoms with Crippen LogP contribution in [0.1, 0.15) is 5.56 Å². The van der Waals surface area contributed by atoms with Crippen molar-refractivity contribution in [3.05, 3.63) is 27.9 Å². The minimum absolute atomic E-state index is 0.123.